The zero-order valence-corrected chi connectivity index (χ0v) is 16.7. The number of sulfonamides is 1. The summed E-state index contributed by atoms with van der Waals surface area (Å²) in [6.45, 7) is 0.874. The topological polar surface area (TPSA) is 101 Å². The molecule has 1 aliphatic rings. The molecule has 0 aliphatic carbocycles. The van der Waals surface area contributed by atoms with Crippen molar-refractivity contribution in [3.63, 3.8) is 0 Å². The number of aromatic nitrogens is 3. The Bertz CT molecular complexity index is 1180. The Morgan fingerprint density at radius 1 is 1.07 bits per heavy atom. The van der Waals surface area contributed by atoms with Crippen LogP contribution in [-0.2, 0) is 28.7 Å². The molecule has 0 unspecified atom stereocenters. The van der Waals surface area contributed by atoms with E-state index in [-0.39, 0.29) is 5.75 Å². The molecule has 0 spiro atoms. The van der Waals surface area contributed by atoms with Crippen molar-refractivity contribution < 1.29 is 8.42 Å². The minimum atomic E-state index is -3.67. The van der Waals surface area contributed by atoms with E-state index in [4.69, 9.17) is 0 Å². The number of fused-ring (bicyclic) bond motifs is 1. The standard InChI is InChI=1S/C21H21N5O2S/c22-14-17-7-3-4-8-18(17)15-29(27,28)25-19-10-6-9-16(13-19)21-24-23-20-11-2-1-5-12-26(20)21/h3-4,6-10,13,25H,1-2,5,11-12,15H2. The molecule has 2 heterocycles. The molecule has 7 nitrogen and oxygen atoms in total. The van der Waals surface area contributed by atoms with E-state index in [1.165, 1.54) is 6.42 Å². The SMILES string of the molecule is N#Cc1ccccc1CS(=O)(=O)Nc1cccc(-c2nnc3n2CCCCC3)c1. The van der Waals surface area contributed by atoms with Crippen LogP contribution in [0.4, 0.5) is 5.69 Å². The molecule has 4 rings (SSSR count). The van der Waals surface area contributed by atoms with Gasteiger partial charge in [0.25, 0.3) is 0 Å². The maximum atomic E-state index is 12.7. The highest BCUT2D eigenvalue weighted by Crippen LogP contribution is 2.25. The summed E-state index contributed by atoms with van der Waals surface area (Å²) in [7, 11) is -3.67. The number of nitrogens with zero attached hydrogens (tertiary/aromatic N) is 4. The zero-order chi connectivity index (χ0) is 20.3. The first-order valence-electron chi connectivity index (χ1n) is 9.57. The molecular weight excluding hydrogens is 386 g/mol. The third-order valence-electron chi connectivity index (χ3n) is 4.99. The summed E-state index contributed by atoms with van der Waals surface area (Å²) in [4.78, 5) is 0. The van der Waals surface area contributed by atoms with E-state index in [1.54, 1.807) is 42.5 Å². The van der Waals surface area contributed by atoms with Crippen LogP contribution in [-0.4, -0.2) is 23.2 Å². The first-order valence-corrected chi connectivity index (χ1v) is 11.2. The molecule has 0 amide bonds. The Morgan fingerprint density at radius 2 is 1.93 bits per heavy atom. The minimum absolute atomic E-state index is 0.263. The zero-order valence-electron chi connectivity index (χ0n) is 15.9. The molecule has 1 aromatic heterocycles. The van der Waals surface area contributed by atoms with Crippen LogP contribution in [0.5, 0.6) is 0 Å². The number of hydrogen-bond donors (Lipinski definition) is 1. The van der Waals surface area contributed by atoms with E-state index in [0.717, 1.165) is 43.0 Å². The van der Waals surface area contributed by atoms with Gasteiger partial charge in [-0.05, 0) is 36.6 Å². The van der Waals surface area contributed by atoms with Crippen LogP contribution in [0, 0.1) is 11.3 Å². The lowest BCUT2D eigenvalue weighted by Gasteiger charge is -2.11. The van der Waals surface area contributed by atoms with Gasteiger partial charge in [0.05, 0.1) is 17.4 Å². The van der Waals surface area contributed by atoms with Crippen LogP contribution in [0.25, 0.3) is 11.4 Å². The van der Waals surface area contributed by atoms with Gasteiger partial charge in [-0.25, -0.2) is 8.42 Å². The lowest BCUT2D eigenvalue weighted by Crippen LogP contribution is -2.15. The second kappa shape index (κ2) is 8.05. The lowest BCUT2D eigenvalue weighted by atomic mass is 10.1. The van der Waals surface area contributed by atoms with Gasteiger partial charge >= 0.3 is 0 Å². The summed E-state index contributed by atoms with van der Waals surface area (Å²) < 4.78 is 30.1. The molecule has 0 bridgehead atoms. The van der Waals surface area contributed by atoms with Crippen molar-refractivity contribution in [2.24, 2.45) is 0 Å². The fourth-order valence-electron chi connectivity index (χ4n) is 3.60. The summed E-state index contributed by atoms with van der Waals surface area (Å²) in [6.07, 6.45) is 4.29. The number of rotatable bonds is 5. The number of hydrogen-bond acceptors (Lipinski definition) is 5. The number of nitrogens with one attached hydrogen (secondary N) is 1. The molecule has 0 saturated heterocycles. The predicted octanol–water partition coefficient (Wildman–Crippen LogP) is 3.49. The van der Waals surface area contributed by atoms with Crippen LogP contribution in [0.15, 0.2) is 48.5 Å². The fraction of sp³-hybridized carbons (Fsp3) is 0.286. The maximum Gasteiger partial charge on any atom is 0.236 e. The Labute approximate surface area is 170 Å². The van der Waals surface area contributed by atoms with Crippen LogP contribution in [0.3, 0.4) is 0 Å². The largest absolute Gasteiger partial charge is 0.311 e. The van der Waals surface area contributed by atoms with Crippen molar-refractivity contribution in [1.82, 2.24) is 14.8 Å². The smallest absolute Gasteiger partial charge is 0.236 e. The van der Waals surface area contributed by atoms with E-state index in [2.05, 4.69) is 19.5 Å². The van der Waals surface area contributed by atoms with Gasteiger partial charge in [-0.3, -0.25) is 4.72 Å². The van der Waals surface area contributed by atoms with Crippen molar-refractivity contribution in [3.8, 4) is 17.5 Å². The number of anilines is 1. The van der Waals surface area contributed by atoms with Crippen LogP contribution in [0.1, 0.15) is 36.2 Å². The molecule has 8 heteroatoms. The van der Waals surface area contributed by atoms with E-state index in [0.29, 0.717) is 16.8 Å². The molecule has 2 aromatic carbocycles. The van der Waals surface area contributed by atoms with Gasteiger partial charge in [0.2, 0.25) is 10.0 Å². The fourth-order valence-corrected chi connectivity index (χ4v) is 4.82. The molecule has 0 saturated carbocycles. The number of aryl methyl sites for hydroxylation is 1. The van der Waals surface area contributed by atoms with Crippen molar-refractivity contribution in [2.75, 3.05) is 4.72 Å². The molecule has 1 N–H and O–H groups in total. The highest BCUT2D eigenvalue weighted by Gasteiger charge is 2.18. The quantitative estimate of drug-likeness (QED) is 0.698. The second-order valence-corrected chi connectivity index (χ2v) is 8.84. The van der Waals surface area contributed by atoms with E-state index in [9.17, 15) is 13.7 Å². The highest BCUT2D eigenvalue weighted by molar-refractivity contribution is 7.91. The third-order valence-corrected chi connectivity index (χ3v) is 6.22. The van der Waals surface area contributed by atoms with Crippen LogP contribution in [0.2, 0.25) is 0 Å². The lowest BCUT2D eigenvalue weighted by molar-refractivity contribution is 0.600. The predicted molar refractivity (Wildman–Crippen MR) is 110 cm³/mol. The summed E-state index contributed by atoms with van der Waals surface area (Å²) in [5, 5.41) is 17.8. The number of nitriles is 1. The first-order chi connectivity index (χ1) is 14.1. The van der Waals surface area contributed by atoms with Gasteiger partial charge in [0.1, 0.15) is 5.82 Å². The molecule has 148 valence electrons. The molecule has 3 aromatic rings. The van der Waals surface area contributed by atoms with Crippen molar-refractivity contribution >= 4 is 15.7 Å². The Morgan fingerprint density at radius 3 is 2.79 bits per heavy atom. The summed E-state index contributed by atoms with van der Waals surface area (Å²) in [5.74, 6) is 1.48. The molecule has 0 fully saturated rings. The van der Waals surface area contributed by atoms with Gasteiger partial charge in [-0.2, -0.15) is 5.26 Å². The first kappa shape index (κ1) is 19.2. The molecule has 0 atom stereocenters. The van der Waals surface area contributed by atoms with Crippen molar-refractivity contribution in [1.29, 1.82) is 5.26 Å². The Hall–Kier alpha value is -3.18. The Kier molecular flexibility index (Phi) is 5.32. The highest BCUT2D eigenvalue weighted by atomic mass is 32.2. The molecule has 0 radical (unpaired) electrons. The van der Waals surface area contributed by atoms with Crippen LogP contribution >= 0.6 is 0 Å². The van der Waals surface area contributed by atoms with E-state index in [1.807, 2.05) is 12.1 Å². The van der Waals surface area contributed by atoms with E-state index >= 15 is 0 Å². The Balaban J connectivity index is 1.58. The van der Waals surface area contributed by atoms with Crippen molar-refractivity contribution in [2.45, 2.75) is 38.0 Å². The average Bonchev–Trinajstić information content (AvgIpc) is 2.96. The van der Waals surface area contributed by atoms with Gasteiger partial charge in [0.15, 0.2) is 5.82 Å². The summed E-state index contributed by atoms with van der Waals surface area (Å²) >= 11 is 0. The van der Waals surface area contributed by atoms with Gasteiger partial charge in [0, 0.05) is 24.2 Å². The maximum absolute atomic E-state index is 12.7. The third kappa shape index (κ3) is 4.30. The van der Waals surface area contributed by atoms with Crippen LogP contribution < -0.4 is 4.72 Å². The average molecular weight is 407 g/mol. The van der Waals surface area contributed by atoms with E-state index < -0.39 is 10.0 Å². The van der Waals surface area contributed by atoms with Gasteiger partial charge in [-0.1, -0.05) is 36.8 Å². The molecule has 29 heavy (non-hydrogen) atoms. The molecular formula is C21H21N5O2S. The molecule has 1 aliphatic heterocycles. The van der Waals surface area contributed by atoms with Gasteiger partial charge < -0.3 is 4.57 Å². The van der Waals surface area contributed by atoms with Crippen molar-refractivity contribution in [3.05, 3.63) is 65.5 Å². The minimum Gasteiger partial charge on any atom is -0.311 e. The summed E-state index contributed by atoms with van der Waals surface area (Å²) in [5.41, 5.74) is 2.12. The second-order valence-electron chi connectivity index (χ2n) is 7.11. The normalized spacial score (nSPS) is 13.9. The van der Waals surface area contributed by atoms with Gasteiger partial charge in [-0.15, -0.1) is 10.2 Å². The summed E-state index contributed by atoms with van der Waals surface area (Å²) in [6, 6.07) is 15.9. The monoisotopic (exact) mass is 407 g/mol. The number of benzene rings is 2.